The molecule has 0 aromatic heterocycles. The van der Waals surface area contributed by atoms with Crippen LogP contribution in [0, 0.1) is 0 Å². The van der Waals surface area contributed by atoms with Crippen LogP contribution in [0.2, 0.25) is 0 Å². The van der Waals surface area contributed by atoms with Crippen LogP contribution in [0.4, 0.5) is 0 Å². The molecule has 0 aromatic rings. The number of phosphoric acid groups is 1. The smallest absolute Gasteiger partial charge is 0.268 e. The zero-order valence-corrected chi connectivity index (χ0v) is 56.4. The first-order valence-electron chi connectivity index (χ1n) is 36.0. The summed E-state index contributed by atoms with van der Waals surface area (Å²) in [6.45, 7) is 4.69. The minimum atomic E-state index is -4.61. The van der Waals surface area contributed by atoms with Crippen molar-refractivity contribution in [1.29, 1.82) is 0 Å². The van der Waals surface area contributed by atoms with Gasteiger partial charge in [0.2, 0.25) is 5.91 Å². The van der Waals surface area contributed by atoms with Crippen molar-refractivity contribution in [2.24, 2.45) is 0 Å². The van der Waals surface area contributed by atoms with E-state index in [2.05, 4.69) is 55.6 Å². The van der Waals surface area contributed by atoms with E-state index in [4.69, 9.17) is 9.05 Å². The molecule has 0 saturated carbocycles. The maximum Gasteiger partial charge on any atom is 0.268 e. The van der Waals surface area contributed by atoms with Crippen molar-refractivity contribution < 1.29 is 32.9 Å². The molecule has 0 aliphatic carbocycles. The van der Waals surface area contributed by atoms with Crippen molar-refractivity contribution in [2.45, 2.75) is 373 Å². The summed E-state index contributed by atoms with van der Waals surface area (Å²) in [7, 11) is 1.27. The molecule has 0 fully saturated rings. The van der Waals surface area contributed by atoms with Gasteiger partial charge in [-0.25, -0.2) is 0 Å². The van der Waals surface area contributed by atoms with Gasteiger partial charge in [-0.2, -0.15) is 0 Å². The van der Waals surface area contributed by atoms with E-state index in [0.29, 0.717) is 17.4 Å². The number of hydrogen-bond donors (Lipinski definition) is 2. The van der Waals surface area contributed by atoms with Gasteiger partial charge in [0, 0.05) is 6.42 Å². The van der Waals surface area contributed by atoms with E-state index in [1.54, 1.807) is 6.08 Å². The molecule has 0 bridgehead atoms. The zero-order valence-electron chi connectivity index (χ0n) is 55.5. The van der Waals surface area contributed by atoms with Crippen LogP contribution in [0.15, 0.2) is 48.6 Å². The number of carbonyl (C=O) groups excluding carboxylic acids is 1. The van der Waals surface area contributed by atoms with E-state index < -0.39 is 20.0 Å². The summed E-state index contributed by atoms with van der Waals surface area (Å²) in [6, 6.07) is -0.890. The van der Waals surface area contributed by atoms with Crippen LogP contribution in [0.3, 0.4) is 0 Å². The van der Waals surface area contributed by atoms with Gasteiger partial charge in [0.05, 0.1) is 39.9 Å². The Bertz CT molecular complexity index is 1480. The van der Waals surface area contributed by atoms with E-state index in [0.717, 1.165) is 51.4 Å². The maximum atomic E-state index is 13.0. The predicted molar refractivity (Wildman–Crippen MR) is 358 cm³/mol. The lowest BCUT2D eigenvalue weighted by molar-refractivity contribution is -0.870. The van der Waals surface area contributed by atoms with Gasteiger partial charge in [0.25, 0.3) is 7.82 Å². The maximum absolute atomic E-state index is 13.0. The van der Waals surface area contributed by atoms with Gasteiger partial charge in [-0.05, 0) is 57.8 Å². The molecule has 0 aliphatic rings. The minimum Gasteiger partial charge on any atom is -0.756 e. The number of aliphatic hydroxyl groups excluding tert-OH is 1. The molecule has 9 heteroatoms. The predicted octanol–water partition coefficient (Wildman–Crippen LogP) is 22.4. The van der Waals surface area contributed by atoms with Gasteiger partial charge in [-0.3, -0.25) is 9.36 Å². The monoisotopic (exact) mass is 1170 g/mol. The Labute approximate surface area is 511 Å². The van der Waals surface area contributed by atoms with Gasteiger partial charge >= 0.3 is 0 Å². The number of unbranched alkanes of at least 4 members (excludes halogenated alkanes) is 48. The highest BCUT2D eigenvalue weighted by Crippen LogP contribution is 2.38. The SMILES string of the molecule is CCCCCCC/C=C\C/C=C\C/C=C\CCCCCCCCCCCCCCCCC(=O)NC(COP(=O)([O-])OCC[N+](C)(C)C)C(O)/C=C/CCCCCCCCCCCCCCCCCCCCCCCCCCCCCCC. The molecule has 0 aliphatic heterocycles. The number of hydrogen-bond acceptors (Lipinski definition) is 6. The number of carbonyl (C=O) groups is 1. The van der Waals surface area contributed by atoms with E-state index >= 15 is 0 Å². The molecular formula is C73H141N2O6P. The third kappa shape index (κ3) is 66.0. The summed E-state index contributed by atoms with van der Waals surface area (Å²) >= 11 is 0. The average Bonchev–Trinajstić information content (AvgIpc) is 3.47. The summed E-state index contributed by atoms with van der Waals surface area (Å²) < 4.78 is 23.5. The third-order valence-corrected chi connectivity index (χ3v) is 17.5. The molecule has 484 valence electrons. The van der Waals surface area contributed by atoms with E-state index in [1.807, 2.05) is 27.2 Å². The van der Waals surface area contributed by atoms with Gasteiger partial charge < -0.3 is 28.8 Å². The lowest BCUT2D eigenvalue weighted by atomic mass is 10.0. The standard InChI is InChI=1S/C73H141N2O6P/c1-6-8-10-12-14-16-18-20-22-24-26-28-30-32-34-36-37-39-40-42-44-46-48-50-52-54-56-58-60-62-64-66-72(76)71(70-81-82(78,79)80-69-68-75(3,4)5)74-73(77)67-65-63-61-59-57-55-53-51-49-47-45-43-41-38-35-33-31-29-27-25-23-21-19-17-15-13-11-9-7-2/h19,21,25,27,31,33,64,66,71-72,76H,6-18,20,22-24,26,28-30,32,34-63,65,67-70H2,1-5H3,(H-,74,77,78,79)/b21-19-,27-25-,33-31-,66-64+. The molecule has 0 saturated heterocycles. The summed E-state index contributed by atoms with van der Waals surface area (Å²) in [5.74, 6) is -0.193. The molecule has 82 heavy (non-hydrogen) atoms. The molecule has 0 heterocycles. The Hall–Kier alpha value is -1.54. The highest BCUT2D eigenvalue weighted by atomic mass is 31.2. The van der Waals surface area contributed by atoms with E-state index in [1.165, 1.54) is 289 Å². The largest absolute Gasteiger partial charge is 0.756 e. The Balaban J connectivity index is 4.05. The van der Waals surface area contributed by atoms with Gasteiger partial charge in [0.15, 0.2) is 0 Å². The van der Waals surface area contributed by atoms with Crippen molar-refractivity contribution in [3.8, 4) is 0 Å². The van der Waals surface area contributed by atoms with Crippen LogP contribution in [0.25, 0.3) is 0 Å². The summed E-state index contributed by atoms with van der Waals surface area (Å²) in [6.07, 6.45) is 86.6. The topological polar surface area (TPSA) is 108 Å². The van der Waals surface area contributed by atoms with Crippen molar-refractivity contribution in [3.05, 3.63) is 48.6 Å². The fraction of sp³-hybridized carbons (Fsp3) is 0.877. The Morgan fingerprint density at radius 3 is 1.02 bits per heavy atom. The number of rotatable bonds is 67. The highest BCUT2D eigenvalue weighted by Gasteiger charge is 2.23. The van der Waals surface area contributed by atoms with Crippen molar-refractivity contribution in [2.75, 3.05) is 40.9 Å². The fourth-order valence-corrected chi connectivity index (χ4v) is 11.7. The number of nitrogens with zero attached hydrogens (tertiary/aromatic N) is 1. The lowest BCUT2D eigenvalue weighted by Gasteiger charge is -2.29. The van der Waals surface area contributed by atoms with Crippen molar-refractivity contribution in [3.63, 3.8) is 0 Å². The molecule has 3 unspecified atom stereocenters. The first-order chi connectivity index (χ1) is 40.0. The number of allylic oxidation sites excluding steroid dienone is 7. The second kappa shape index (κ2) is 63.9. The Morgan fingerprint density at radius 2 is 0.707 bits per heavy atom. The van der Waals surface area contributed by atoms with Crippen LogP contribution in [0.5, 0.6) is 0 Å². The molecule has 1 amide bonds. The average molecular weight is 1170 g/mol. The number of likely N-dealkylation sites (N-methyl/N-ethyl adjacent to an activating group) is 1. The summed E-state index contributed by atoms with van der Waals surface area (Å²) in [5.41, 5.74) is 0. The molecule has 3 atom stereocenters. The summed E-state index contributed by atoms with van der Waals surface area (Å²) in [4.78, 5) is 25.6. The second-order valence-electron chi connectivity index (χ2n) is 25.9. The van der Waals surface area contributed by atoms with Gasteiger partial charge in [-0.1, -0.05) is 345 Å². The Kier molecular flexibility index (Phi) is 62.7. The second-order valence-corrected chi connectivity index (χ2v) is 27.4. The molecule has 0 radical (unpaired) electrons. The number of nitrogens with one attached hydrogen (secondary N) is 1. The van der Waals surface area contributed by atoms with Gasteiger partial charge in [0.1, 0.15) is 13.2 Å². The summed E-state index contributed by atoms with van der Waals surface area (Å²) in [5, 5.41) is 14.0. The number of quaternary nitrogens is 1. The Morgan fingerprint density at radius 1 is 0.427 bits per heavy atom. The molecule has 0 rings (SSSR count). The van der Waals surface area contributed by atoms with E-state index in [-0.39, 0.29) is 19.1 Å². The van der Waals surface area contributed by atoms with Crippen LogP contribution < -0.4 is 10.2 Å². The molecule has 8 nitrogen and oxygen atoms in total. The molecule has 0 spiro atoms. The normalized spacial score (nSPS) is 13.9. The van der Waals surface area contributed by atoms with Crippen molar-refractivity contribution >= 4 is 13.7 Å². The van der Waals surface area contributed by atoms with Crippen LogP contribution >= 0.6 is 7.82 Å². The van der Waals surface area contributed by atoms with Gasteiger partial charge in [-0.15, -0.1) is 0 Å². The number of phosphoric ester groups is 1. The van der Waals surface area contributed by atoms with Crippen molar-refractivity contribution in [1.82, 2.24) is 5.32 Å². The fourth-order valence-electron chi connectivity index (χ4n) is 10.9. The first kappa shape index (κ1) is 80.5. The van der Waals surface area contributed by atoms with Crippen LogP contribution in [0.1, 0.15) is 361 Å². The lowest BCUT2D eigenvalue weighted by Crippen LogP contribution is -2.45. The molecule has 2 N–H and O–H groups in total. The molecular weight excluding hydrogens is 1030 g/mol. The van der Waals surface area contributed by atoms with Crippen LogP contribution in [-0.2, 0) is 18.4 Å². The number of amides is 1. The van der Waals surface area contributed by atoms with E-state index in [9.17, 15) is 19.4 Å². The first-order valence-corrected chi connectivity index (χ1v) is 37.5. The minimum absolute atomic E-state index is 0.000692. The number of aliphatic hydroxyl groups is 1. The third-order valence-electron chi connectivity index (χ3n) is 16.5. The highest BCUT2D eigenvalue weighted by molar-refractivity contribution is 7.45. The molecule has 0 aromatic carbocycles. The quantitative estimate of drug-likeness (QED) is 0.0272. The van der Waals surface area contributed by atoms with Crippen LogP contribution in [-0.4, -0.2) is 68.5 Å². The zero-order chi connectivity index (χ0) is 59.8.